The van der Waals surface area contributed by atoms with Gasteiger partial charge in [0, 0.05) is 75.7 Å². The zero-order chi connectivity index (χ0) is 27.8. The van der Waals surface area contributed by atoms with Gasteiger partial charge in [-0.25, -0.2) is 0 Å². The second kappa shape index (κ2) is 10.9. The average Bonchev–Trinajstić information content (AvgIpc) is 3.29. The van der Waals surface area contributed by atoms with Crippen molar-refractivity contribution in [2.75, 3.05) is 55.6 Å². The van der Waals surface area contributed by atoms with Crippen molar-refractivity contribution in [1.29, 1.82) is 0 Å². The number of imide groups is 1. The maximum atomic E-state index is 13.0. The Hall–Kier alpha value is -3.92. The van der Waals surface area contributed by atoms with Crippen molar-refractivity contribution in [3.8, 4) is 0 Å². The van der Waals surface area contributed by atoms with Crippen molar-refractivity contribution < 1.29 is 19.2 Å². The molecule has 3 N–H and O–H groups in total. The highest BCUT2D eigenvalue weighted by atomic mass is 16.2. The van der Waals surface area contributed by atoms with Gasteiger partial charge in [-0.05, 0) is 61.1 Å². The Morgan fingerprint density at radius 1 is 0.900 bits per heavy atom. The SMILES string of the molecule is NC(=O)c1ccccc1N1CCC(CN2CCN(c3ccc4c(c3)CN([C@H]3CCC(=O)NC3=O)C4=O)CC2)CC1. The van der Waals surface area contributed by atoms with Crippen LogP contribution in [0.15, 0.2) is 42.5 Å². The molecule has 4 heterocycles. The molecule has 0 unspecified atom stereocenters. The highest BCUT2D eigenvalue weighted by Crippen LogP contribution is 2.31. The topological polar surface area (TPSA) is 119 Å². The van der Waals surface area contributed by atoms with Gasteiger partial charge < -0.3 is 20.4 Å². The molecule has 0 bridgehead atoms. The van der Waals surface area contributed by atoms with Crippen molar-refractivity contribution in [3.63, 3.8) is 0 Å². The van der Waals surface area contributed by atoms with E-state index >= 15 is 0 Å². The number of piperazine rings is 1. The smallest absolute Gasteiger partial charge is 0.255 e. The predicted octanol–water partition coefficient (Wildman–Crippen LogP) is 1.59. The maximum Gasteiger partial charge on any atom is 0.255 e. The summed E-state index contributed by atoms with van der Waals surface area (Å²) in [6.07, 6.45) is 2.82. The van der Waals surface area contributed by atoms with Crippen LogP contribution < -0.4 is 20.9 Å². The zero-order valence-corrected chi connectivity index (χ0v) is 22.7. The van der Waals surface area contributed by atoms with Crippen LogP contribution in [-0.4, -0.2) is 85.3 Å². The van der Waals surface area contributed by atoms with Gasteiger partial charge in [-0.15, -0.1) is 0 Å². The van der Waals surface area contributed by atoms with E-state index in [1.807, 2.05) is 30.3 Å². The van der Waals surface area contributed by atoms with E-state index in [1.54, 1.807) is 11.0 Å². The van der Waals surface area contributed by atoms with Gasteiger partial charge in [-0.2, -0.15) is 0 Å². The normalized spacial score (nSPS) is 22.4. The molecule has 3 fully saturated rings. The zero-order valence-electron chi connectivity index (χ0n) is 22.7. The summed E-state index contributed by atoms with van der Waals surface area (Å²) < 4.78 is 0. The first-order valence-electron chi connectivity index (χ1n) is 14.3. The Morgan fingerprint density at radius 2 is 1.65 bits per heavy atom. The molecule has 10 nitrogen and oxygen atoms in total. The second-order valence-electron chi connectivity index (χ2n) is 11.3. The highest BCUT2D eigenvalue weighted by molar-refractivity contribution is 6.05. The lowest BCUT2D eigenvalue weighted by atomic mass is 9.95. The van der Waals surface area contributed by atoms with Crippen molar-refractivity contribution in [1.82, 2.24) is 15.1 Å². The lowest BCUT2D eigenvalue weighted by molar-refractivity contribution is -0.136. The average molecular weight is 545 g/mol. The van der Waals surface area contributed by atoms with Crippen LogP contribution >= 0.6 is 0 Å². The fourth-order valence-corrected chi connectivity index (χ4v) is 6.63. The number of carbonyl (C=O) groups excluding carboxylic acids is 4. The van der Waals surface area contributed by atoms with E-state index in [2.05, 4.69) is 26.1 Å². The van der Waals surface area contributed by atoms with Gasteiger partial charge in [0.05, 0.1) is 5.56 Å². The number of nitrogens with two attached hydrogens (primary N) is 1. The monoisotopic (exact) mass is 544 g/mol. The number of nitrogens with one attached hydrogen (secondary N) is 1. The summed E-state index contributed by atoms with van der Waals surface area (Å²) >= 11 is 0. The van der Waals surface area contributed by atoms with Crippen molar-refractivity contribution in [3.05, 3.63) is 59.2 Å². The molecule has 4 aliphatic heterocycles. The van der Waals surface area contributed by atoms with E-state index in [9.17, 15) is 19.2 Å². The first kappa shape index (κ1) is 26.3. The number of fused-ring (bicyclic) bond motifs is 1. The summed E-state index contributed by atoms with van der Waals surface area (Å²) in [5, 5.41) is 2.36. The fraction of sp³-hybridized carbons (Fsp3) is 0.467. The van der Waals surface area contributed by atoms with E-state index in [0.717, 1.165) is 75.6 Å². The number of carbonyl (C=O) groups is 4. The van der Waals surface area contributed by atoms with Gasteiger partial charge in [0.1, 0.15) is 6.04 Å². The first-order chi connectivity index (χ1) is 19.4. The fourth-order valence-electron chi connectivity index (χ4n) is 6.63. The molecule has 0 aromatic heterocycles. The standard InChI is InChI=1S/C30H36N6O4/c31-28(38)24-3-1-2-4-25(24)35-11-9-20(10-12-35)18-33-13-15-34(16-14-33)22-5-6-23-21(17-22)19-36(30(23)40)26-7-8-27(37)32-29(26)39/h1-6,17,20,26H,7-16,18-19H2,(H2,31,38)(H,32,37,39)/t26-/m0/s1. The summed E-state index contributed by atoms with van der Waals surface area (Å²) in [6.45, 7) is 7.17. The number of hydrogen-bond donors (Lipinski definition) is 2. The van der Waals surface area contributed by atoms with Gasteiger partial charge in [0.2, 0.25) is 11.8 Å². The molecule has 0 aliphatic carbocycles. The summed E-state index contributed by atoms with van der Waals surface area (Å²) in [6, 6.07) is 13.0. The number of primary amides is 1. The number of amides is 4. The molecule has 6 rings (SSSR count). The molecular formula is C30H36N6O4. The number of para-hydroxylation sites is 1. The number of nitrogens with zero attached hydrogens (tertiary/aromatic N) is 4. The Labute approximate surface area is 234 Å². The van der Waals surface area contributed by atoms with E-state index in [1.165, 1.54) is 0 Å². The minimum Gasteiger partial charge on any atom is -0.371 e. The van der Waals surface area contributed by atoms with Gasteiger partial charge in [0.15, 0.2) is 0 Å². The van der Waals surface area contributed by atoms with E-state index < -0.39 is 6.04 Å². The second-order valence-corrected chi connectivity index (χ2v) is 11.3. The molecule has 0 spiro atoms. The van der Waals surface area contributed by atoms with Crippen molar-refractivity contribution in [2.45, 2.75) is 38.3 Å². The third-order valence-corrected chi connectivity index (χ3v) is 8.89. The highest BCUT2D eigenvalue weighted by Gasteiger charge is 2.39. The Bertz CT molecular complexity index is 1330. The molecule has 210 valence electrons. The van der Waals surface area contributed by atoms with Gasteiger partial charge in [0.25, 0.3) is 11.8 Å². The van der Waals surface area contributed by atoms with Crippen LogP contribution in [0.1, 0.15) is 52.0 Å². The number of benzene rings is 2. The van der Waals surface area contributed by atoms with Crippen LogP contribution in [0.3, 0.4) is 0 Å². The Morgan fingerprint density at radius 3 is 2.38 bits per heavy atom. The molecule has 10 heteroatoms. The molecule has 0 saturated carbocycles. The van der Waals surface area contributed by atoms with Gasteiger partial charge in [-0.1, -0.05) is 12.1 Å². The third kappa shape index (κ3) is 5.15. The molecule has 1 atom stereocenters. The summed E-state index contributed by atoms with van der Waals surface area (Å²) in [4.78, 5) is 57.5. The lowest BCUT2D eigenvalue weighted by Crippen LogP contribution is -2.52. The van der Waals surface area contributed by atoms with Crippen LogP contribution in [0, 0.1) is 5.92 Å². The summed E-state index contributed by atoms with van der Waals surface area (Å²) in [7, 11) is 0. The Balaban J connectivity index is 1.00. The largest absolute Gasteiger partial charge is 0.371 e. The van der Waals surface area contributed by atoms with E-state index in [0.29, 0.717) is 30.0 Å². The van der Waals surface area contributed by atoms with Crippen LogP contribution in [-0.2, 0) is 16.1 Å². The van der Waals surface area contributed by atoms with Crippen molar-refractivity contribution in [2.24, 2.45) is 11.7 Å². The molecule has 3 saturated heterocycles. The van der Waals surface area contributed by atoms with Crippen LogP contribution in [0.4, 0.5) is 11.4 Å². The predicted molar refractivity (Wildman–Crippen MR) is 151 cm³/mol. The number of anilines is 2. The van der Waals surface area contributed by atoms with E-state index in [4.69, 9.17) is 5.73 Å². The third-order valence-electron chi connectivity index (χ3n) is 8.89. The molecule has 4 aliphatic rings. The van der Waals surface area contributed by atoms with Gasteiger partial charge >= 0.3 is 0 Å². The van der Waals surface area contributed by atoms with Crippen molar-refractivity contribution >= 4 is 35.0 Å². The first-order valence-corrected chi connectivity index (χ1v) is 14.3. The minimum atomic E-state index is -0.589. The molecule has 40 heavy (non-hydrogen) atoms. The van der Waals surface area contributed by atoms with Crippen LogP contribution in [0.5, 0.6) is 0 Å². The lowest BCUT2D eigenvalue weighted by Gasteiger charge is -2.40. The summed E-state index contributed by atoms with van der Waals surface area (Å²) in [5.41, 5.74) is 9.83. The quantitative estimate of drug-likeness (QED) is 0.530. The number of hydrogen-bond acceptors (Lipinski definition) is 7. The van der Waals surface area contributed by atoms with E-state index in [-0.39, 0.29) is 30.0 Å². The van der Waals surface area contributed by atoms with Crippen LogP contribution in [0.25, 0.3) is 0 Å². The molecule has 4 amide bonds. The molecule has 2 aromatic carbocycles. The molecule has 2 aromatic rings. The minimum absolute atomic E-state index is 0.134. The van der Waals surface area contributed by atoms with Gasteiger partial charge in [-0.3, -0.25) is 29.4 Å². The van der Waals surface area contributed by atoms with Crippen LogP contribution in [0.2, 0.25) is 0 Å². The summed E-state index contributed by atoms with van der Waals surface area (Å²) in [5.74, 6) is -0.534. The number of rotatable bonds is 6. The maximum absolute atomic E-state index is 13.0. The Kier molecular flexibility index (Phi) is 7.18. The number of piperidine rings is 2. The molecular weight excluding hydrogens is 508 g/mol. The molecule has 0 radical (unpaired) electrons.